The summed E-state index contributed by atoms with van der Waals surface area (Å²) >= 11 is 0.777. The van der Waals surface area contributed by atoms with Crippen LogP contribution in [0.5, 0.6) is 0 Å². The van der Waals surface area contributed by atoms with E-state index in [0.29, 0.717) is 12.2 Å². The average molecular weight is 407 g/mol. The number of anilines is 1. The van der Waals surface area contributed by atoms with E-state index in [4.69, 9.17) is 15.9 Å². The van der Waals surface area contributed by atoms with Crippen molar-refractivity contribution in [3.05, 3.63) is 34.7 Å². The fraction of sp³-hybridized carbons (Fsp3) is 0.444. The van der Waals surface area contributed by atoms with Crippen molar-refractivity contribution < 1.29 is 18.8 Å². The largest absolute Gasteiger partial charge is 0.467 e. The molecule has 28 heavy (non-hydrogen) atoms. The first-order chi connectivity index (χ1) is 13.0. The van der Waals surface area contributed by atoms with Gasteiger partial charge in [0.05, 0.1) is 18.5 Å². The van der Waals surface area contributed by atoms with Gasteiger partial charge in [0.15, 0.2) is 5.69 Å². The molecule has 0 aliphatic rings. The fourth-order valence-electron chi connectivity index (χ4n) is 2.65. The zero-order valence-corrected chi connectivity index (χ0v) is 17.1. The Morgan fingerprint density at radius 1 is 1.36 bits per heavy atom. The molecule has 0 radical (unpaired) electrons. The molecule has 0 saturated heterocycles. The Morgan fingerprint density at radius 2 is 2.04 bits per heavy atom. The van der Waals surface area contributed by atoms with Gasteiger partial charge in [-0.25, -0.2) is 0 Å². The van der Waals surface area contributed by atoms with Crippen LogP contribution < -0.4 is 16.8 Å². The summed E-state index contributed by atoms with van der Waals surface area (Å²) in [5, 5.41) is 2.89. The van der Waals surface area contributed by atoms with E-state index in [9.17, 15) is 14.4 Å². The first-order valence-corrected chi connectivity index (χ1v) is 9.52. The van der Waals surface area contributed by atoms with Crippen LogP contribution in [0.3, 0.4) is 0 Å². The summed E-state index contributed by atoms with van der Waals surface area (Å²) in [7, 11) is 0. The molecular formula is C18H25N5O4S. The number of rotatable bonds is 7. The van der Waals surface area contributed by atoms with E-state index in [-0.39, 0.29) is 28.7 Å². The van der Waals surface area contributed by atoms with Gasteiger partial charge in [-0.05, 0) is 50.9 Å². The van der Waals surface area contributed by atoms with Crippen molar-refractivity contribution in [2.45, 2.75) is 52.2 Å². The maximum atomic E-state index is 13.2. The zero-order chi connectivity index (χ0) is 21.1. The van der Waals surface area contributed by atoms with Crippen molar-refractivity contribution in [2.75, 3.05) is 5.73 Å². The Labute approximate surface area is 167 Å². The monoisotopic (exact) mass is 407 g/mol. The van der Waals surface area contributed by atoms with Gasteiger partial charge in [0.25, 0.3) is 11.8 Å². The van der Waals surface area contributed by atoms with Crippen molar-refractivity contribution >= 4 is 34.9 Å². The van der Waals surface area contributed by atoms with Crippen LogP contribution in [-0.4, -0.2) is 38.6 Å². The fourth-order valence-corrected chi connectivity index (χ4v) is 3.42. The summed E-state index contributed by atoms with van der Waals surface area (Å²) in [4.78, 5) is 38.9. The number of nitrogen functional groups attached to an aromatic ring is 1. The third-order valence-electron chi connectivity index (χ3n) is 3.89. The highest BCUT2D eigenvalue weighted by Gasteiger charge is 2.34. The van der Waals surface area contributed by atoms with E-state index in [1.54, 1.807) is 19.1 Å². The molecule has 0 aliphatic heterocycles. The van der Waals surface area contributed by atoms with E-state index in [0.717, 1.165) is 11.5 Å². The molecule has 2 aromatic rings. The van der Waals surface area contributed by atoms with Crippen LogP contribution in [0.2, 0.25) is 0 Å². The molecular weight excluding hydrogens is 382 g/mol. The summed E-state index contributed by atoms with van der Waals surface area (Å²) in [6.45, 7) is 7.44. The number of nitrogens with one attached hydrogen (secondary N) is 1. The summed E-state index contributed by atoms with van der Waals surface area (Å²) in [6, 6.07) is 2.63. The lowest BCUT2D eigenvalue weighted by atomic mass is 10.1. The Balaban J connectivity index is 2.41. The molecule has 2 heterocycles. The number of amides is 3. The normalized spacial score (nSPS) is 12.4. The van der Waals surface area contributed by atoms with Gasteiger partial charge >= 0.3 is 0 Å². The number of aromatic nitrogens is 1. The van der Waals surface area contributed by atoms with Crippen molar-refractivity contribution in [3.8, 4) is 0 Å². The van der Waals surface area contributed by atoms with Crippen molar-refractivity contribution in [1.82, 2.24) is 14.6 Å². The lowest BCUT2D eigenvalue weighted by Crippen LogP contribution is -2.53. The van der Waals surface area contributed by atoms with Crippen molar-refractivity contribution in [2.24, 2.45) is 5.73 Å². The highest BCUT2D eigenvalue weighted by molar-refractivity contribution is 7.09. The van der Waals surface area contributed by atoms with Crippen LogP contribution in [0.25, 0.3) is 0 Å². The summed E-state index contributed by atoms with van der Waals surface area (Å²) in [5.74, 6) is -1.13. The molecule has 5 N–H and O–H groups in total. The van der Waals surface area contributed by atoms with Gasteiger partial charge in [0.2, 0.25) is 5.91 Å². The highest BCUT2D eigenvalue weighted by Crippen LogP contribution is 2.26. The van der Waals surface area contributed by atoms with Gasteiger partial charge in [-0.3, -0.25) is 14.4 Å². The third kappa shape index (κ3) is 4.89. The number of nitrogens with zero attached hydrogens (tertiary/aromatic N) is 2. The molecule has 2 aromatic heterocycles. The maximum absolute atomic E-state index is 13.2. The number of hydrogen-bond acceptors (Lipinski definition) is 7. The van der Waals surface area contributed by atoms with Crippen LogP contribution >= 0.6 is 11.5 Å². The van der Waals surface area contributed by atoms with Gasteiger partial charge in [-0.2, -0.15) is 4.37 Å². The Kier molecular flexibility index (Phi) is 6.45. The van der Waals surface area contributed by atoms with Gasteiger partial charge < -0.3 is 26.1 Å². The summed E-state index contributed by atoms with van der Waals surface area (Å²) in [6.07, 6.45) is 1.86. The second-order valence-electron chi connectivity index (χ2n) is 7.31. The second-order valence-corrected chi connectivity index (χ2v) is 8.09. The molecule has 0 saturated carbocycles. The van der Waals surface area contributed by atoms with Gasteiger partial charge in [-0.15, -0.1) is 0 Å². The number of carbonyl (C=O) groups excluding carboxylic acids is 3. The topological polar surface area (TPSA) is 145 Å². The van der Waals surface area contributed by atoms with E-state index in [1.165, 1.54) is 11.2 Å². The van der Waals surface area contributed by atoms with E-state index < -0.39 is 23.4 Å². The Morgan fingerprint density at radius 3 is 2.50 bits per heavy atom. The van der Waals surface area contributed by atoms with Crippen molar-refractivity contribution in [3.63, 3.8) is 0 Å². The maximum Gasteiger partial charge on any atom is 0.270 e. The highest BCUT2D eigenvalue weighted by atomic mass is 32.1. The molecule has 0 bridgehead atoms. The molecule has 0 aliphatic carbocycles. The Hall–Kier alpha value is -2.88. The molecule has 0 spiro atoms. The molecule has 3 amide bonds. The van der Waals surface area contributed by atoms with Crippen LogP contribution in [0.15, 0.2) is 22.8 Å². The predicted molar refractivity (Wildman–Crippen MR) is 106 cm³/mol. The average Bonchev–Trinajstić information content (AvgIpc) is 3.21. The molecule has 9 nitrogen and oxygen atoms in total. The minimum absolute atomic E-state index is 0.0577. The minimum Gasteiger partial charge on any atom is -0.467 e. The van der Waals surface area contributed by atoms with E-state index in [2.05, 4.69) is 9.69 Å². The van der Waals surface area contributed by atoms with Gasteiger partial charge in [0.1, 0.15) is 16.7 Å². The first-order valence-electron chi connectivity index (χ1n) is 8.75. The molecule has 152 valence electrons. The van der Waals surface area contributed by atoms with Crippen molar-refractivity contribution in [1.29, 1.82) is 0 Å². The number of carbonyl (C=O) groups is 3. The van der Waals surface area contributed by atoms with Gasteiger partial charge in [-0.1, -0.05) is 6.92 Å². The number of furan rings is 1. The smallest absolute Gasteiger partial charge is 0.270 e. The Bertz CT molecular complexity index is 854. The zero-order valence-electron chi connectivity index (χ0n) is 16.3. The molecule has 0 aromatic carbocycles. The predicted octanol–water partition coefficient (Wildman–Crippen LogP) is 1.75. The van der Waals surface area contributed by atoms with Crippen LogP contribution in [0.1, 0.15) is 60.0 Å². The van der Waals surface area contributed by atoms with Gasteiger partial charge in [0, 0.05) is 5.54 Å². The number of nitrogens with two attached hydrogens (primary N) is 2. The number of primary amides is 1. The van der Waals surface area contributed by atoms with E-state index >= 15 is 0 Å². The minimum atomic E-state index is -0.817. The summed E-state index contributed by atoms with van der Waals surface area (Å²) in [5.41, 5.74) is 10.4. The van der Waals surface area contributed by atoms with E-state index in [1.807, 2.05) is 20.8 Å². The quantitative estimate of drug-likeness (QED) is 0.638. The molecule has 0 fully saturated rings. The van der Waals surface area contributed by atoms with Crippen LogP contribution in [-0.2, 0) is 11.3 Å². The van der Waals surface area contributed by atoms with Crippen LogP contribution in [0.4, 0.5) is 5.69 Å². The summed E-state index contributed by atoms with van der Waals surface area (Å²) < 4.78 is 9.23. The standard InChI is InChI=1S/C18H25N5O4S/c1-5-11(16(25)21-18(2,3)4)23(9-10-7-6-8-27-10)17(26)14-12(19)13(15(20)24)22-28-14/h6-8,11H,5,9,19H2,1-4H3,(H2,20,24)(H,21,25)/t11-/m1/s1. The molecule has 10 heteroatoms. The third-order valence-corrected chi connectivity index (χ3v) is 4.74. The SMILES string of the molecule is CC[C@H](C(=O)NC(C)(C)C)N(Cc1ccco1)C(=O)c1snc(C(N)=O)c1N. The lowest BCUT2D eigenvalue weighted by Gasteiger charge is -2.32. The lowest BCUT2D eigenvalue weighted by molar-refractivity contribution is -0.127. The molecule has 1 atom stereocenters. The number of hydrogen-bond donors (Lipinski definition) is 3. The first kappa shape index (κ1) is 21.4. The van der Waals surface area contributed by atoms with Crippen LogP contribution in [0, 0.1) is 0 Å². The molecule has 2 rings (SSSR count). The second kappa shape index (κ2) is 8.42. The molecule has 0 unspecified atom stereocenters.